The van der Waals surface area contributed by atoms with Crippen LogP contribution in [-0.4, -0.2) is 244 Å². The van der Waals surface area contributed by atoms with Gasteiger partial charge in [0, 0.05) is 274 Å². The van der Waals surface area contributed by atoms with Gasteiger partial charge in [-0.25, -0.2) is 17.6 Å². The van der Waals surface area contributed by atoms with Gasteiger partial charge in [0.15, 0.2) is 11.6 Å². The van der Waals surface area contributed by atoms with Gasteiger partial charge >= 0.3 is 0 Å². The van der Waals surface area contributed by atoms with Crippen LogP contribution in [0.2, 0.25) is 20.1 Å². The lowest BCUT2D eigenvalue weighted by Gasteiger charge is -2.36. The number of aromatic nitrogens is 5. The summed E-state index contributed by atoms with van der Waals surface area (Å²) in [5.41, 5.74) is 13.9. The third-order valence-electron chi connectivity index (χ3n) is 26.3. The molecule has 10 aromatic carbocycles. The number of benzene rings is 10. The van der Waals surface area contributed by atoms with Crippen LogP contribution in [0.3, 0.4) is 0 Å². The van der Waals surface area contributed by atoms with Gasteiger partial charge in [0.25, 0.3) is 0 Å². The zero-order valence-electron chi connectivity index (χ0n) is 78.4. The number of anilines is 5. The predicted molar refractivity (Wildman–Crippen MR) is 574 cm³/mol. The Labute approximate surface area is 845 Å². The largest absolute Gasteiger partial charge is 0.492 e. The van der Waals surface area contributed by atoms with Gasteiger partial charge in [-0.3, -0.25) is 24.5 Å². The fraction of sp³-hybridized carbons (Fsp3) is 0.358. The summed E-state index contributed by atoms with van der Waals surface area (Å²) in [6.07, 6.45) is 18.7. The first kappa shape index (κ1) is 101. The van der Waals surface area contributed by atoms with Gasteiger partial charge in [-0.05, 0) is 269 Å². The van der Waals surface area contributed by atoms with Crippen LogP contribution in [-0.2, 0) is 0 Å². The number of aryl methyl sites for hydroxylation is 1. The molecule has 138 heavy (non-hydrogen) atoms. The van der Waals surface area contributed by atoms with Crippen LogP contribution < -0.4 is 38.7 Å². The van der Waals surface area contributed by atoms with E-state index in [1.807, 2.05) is 73.1 Å². The quantitative estimate of drug-likeness (QED) is 0.0151. The Kier molecular flexibility index (Phi) is 37.8. The van der Waals surface area contributed by atoms with E-state index in [-0.39, 0.29) is 17.4 Å². The first-order valence-corrected chi connectivity index (χ1v) is 52.7. The van der Waals surface area contributed by atoms with Gasteiger partial charge in [-0.2, -0.15) is 0 Å². The number of hydrogen-bond donors (Lipinski definition) is 5. The molecular weight excluding hydrogens is 1930 g/mol. The van der Waals surface area contributed by atoms with Crippen molar-refractivity contribution < 1.29 is 31.8 Å². The summed E-state index contributed by atoms with van der Waals surface area (Å²) in [6, 6.07) is 67.2. The Hall–Kier alpha value is -9.84. The molecule has 5 aliphatic rings. The van der Waals surface area contributed by atoms with Crippen LogP contribution in [0.5, 0.6) is 17.2 Å². The molecule has 0 bridgehead atoms. The fourth-order valence-electron chi connectivity index (χ4n) is 18.8. The van der Waals surface area contributed by atoms with E-state index in [2.05, 4.69) is 224 Å². The van der Waals surface area contributed by atoms with Gasteiger partial charge in [0.05, 0.1) is 44.4 Å². The van der Waals surface area contributed by atoms with Crippen molar-refractivity contribution in [2.24, 2.45) is 0 Å². The van der Waals surface area contributed by atoms with E-state index < -0.39 is 11.6 Å². The number of unbranched alkanes of at least 4 members (excludes halogenated alkanes) is 3. The minimum atomic E-state index is -0.650. The van der Waals surface area contributed by atoms with E-state index >= 15 is 0 Å². The van der Waals surface area contributed by atoms with Crippen molar-refractivity contribution in [3.8, 4) is 17.2 Å². The lowest BCUT2D eigenvalue weighted by molar-refractivity contribution is 0.221. The second-order valence-electron chi connectivity index (χ2n) is 35.5. The maximum absolute atomic E-state index is 13.5. The molecule has 18 nitrogen and oxygen atoms in total. The molecule has 728 valence electrons. The highest BCUT2D eigenvalue weighted by Crippen LogP contribution is 2.38. The van der Waals surface area contributed by atoms with Crippen molar-refractivity contribution in [3.05, 3.63) is 297 Å². The number of hydrogen-bond acceptors (Lipinski definition) is 15. The van der Waals surface area contributed by atoms with Crippen LogP contribution in [0, 0.1) is 30.2 Å². The molecule has 20 rings (SSSR count). The average Bonchev–Trinajstić information content (AvgIpc) is 1.35. The van der Waals surface area contributed by atoms with Crippen LogP contribution in [0.1, 0.15) is 56.9 Å². The number of aromatic amines is 5. The highest BCUT2D eigenvalue weighted by atomic mass is 79.9. The molecule has 15 aromatic rings. The summed E-state index contributed by atoms with van der Waals surface area (Å²) in [5.74, 6) is 1.71. The number of rotatable bonds is 33. The topological polar surface area (TPSA) is 139 Å². The molecule has 10 heterocycles. The van der Waals surface area contributed by atoms with Crippen molar-refractivity contribution >= 4 is 169 Å². The third-order valence-corrected chi connectivity index (χ3v) is 31.0. The molecule has 5 aliphatic heterocycles. The minimum absolute atomic E-state index is 0.112. The van der Waals surface area contributed by atoms with E-state index in [0.717, 1.165) is 214 Å². The lowest BCUT2D eigenvalue weighted by atomic mass is 10.1. The van der Waals surface area contributed by atoms with Crippen molar-refractivity contribution in [2.75, 3.05) is 219 Å². The molecule has 5 aromatic heterocycles. The second-order valence-corrected chi connectivity index (χ2v) is 40.1. The number of piperazine rings is 5. The van der Waals surface area contributed by atoms with E-state index in [9.17, 15) is 17.6 Å². The SMILES string of the molecule is Cc1cccc(Cl)c1SCCCCN1CCN(c2cccc3[nH]ccc23)CC1.Clc1cccc(Cl)c1SCCCCN1CCN(c2cccc3[nH]ccc23)CC1.Fc1ccc(OCCCCN2CCN(c3cccc4[nH]ccc34)CC2)c(Br)c1.Fc1ccc(OCCCN2CCN(c3cccc4[nH]ccc34)CC2)c(Cl)c1.Fc1ccc(OCCCN2CCN(c3cccc4[nH]ccc34)CC2)c(F)c1. The Bertz CT molecular complexity index is 5990. The number of nitrogens with zero attached hydrogens (tertiary/aromatic N) is 10. The lowest BCUT2D eigenvalue weighted by Crippen LogP contribution is -2.46. The van der Waals surface area contributed by atoms with Crippen molar-refractivity contribution in [2.45, 2.75) is 68.1 Å². The molecule has 5 saturated heterocycles. The summed E-state index contributed by atoms with van der Waals surface area (Å²) in [4.78, 5) is 43.7. The standard InChI is InChI=1S/C23H28ClN3S.C22H25BrFN3O.C22H25Cl2N3S.C21H23ClFN3O.C21H23F2N3O/c1-18-6-4-7-20(24)23(18)28-17-3-2-12-26-13-15-27(16-14-26)22-9-5-8-21-19(22)10-11-25-21;23-19-16-17(24)6-7-22(19)28-15-2-1-10-26-11-13-27(14-12-26)21-5-3-4-20-18(21)8-9-25-20;23-18-5-3-6-19(24)22(18)28-16-2-1-11-26-12-14-27(15-13-26)21-8-4-7-20-17(21)9-10-25-20;22-18-15-16(23)5-6-21(18)27-14-2-9-25-10-12-26(13-11-25)20-4-1-3-19-17(20)7-8-24-19;22-16-5-6-21(18(23)15-16)27-14-2-9-25-10-12-26(13-11-25)20-4-1-3-19-17(20)7-8-24-19/h4-11,25H,2-3,12-17H2,1H3;3-9,16,25H,1-2,10-15H2;3-10,25H,1-2,11-16H2;2*1,3-8,15,24H,2,9-14H2. The predicted octanol–water partition coefficient (Wildman–Crippen LogP) is 25.6. The molecule has 29 heteroatoms. The van der Waals surface area contributed by atoms with E-state index in [0.29, 0.717) is 40.8 Å². The second kappa shape index (κ2) is 51.5. The average molecular weight is 2050 g/mol. The van der Waals surface area contributed by atoms with Crippen molar-refractivity contribution in [1.29, 1.82) is 0 Å². The molecule has 0 atom stereocenters. The van der Waals surface area contributed by atoms with Gasteiger partial charge in [0.2, 0.25) is 0 Å². The number of nitrogens with one attached hydrogen (secondary N) is 5. The molecule has 5 N–H and O–H groups in total. The smallest absolute Gasteiger partial charge is 0.167 e. The minimum Gasteiger partial charge on any atom is -0.492 e. The van der Waals surface area contributed by atoms with Gasteiger partial charge in [0.1, 0.15) is 29.0 Å². The number of thioether (sulfide) groups is 2. The van der Waals surface area contributed by atoms with Crippen LogP contribution in [0.25, 0.3) is 54.5 Å². The zero-order chi connectivity index (χ0) is 95.3. The Morgan fingerprint density at radius 2 is 0.580 bits per heavy atom. The van der Waals surface area contributed by atoms with Crippen molar-refractivity contribution in [3.63, 3.8) is 0 Å². The number of fused-ring (bicyclic) bond motifs is 5. The van der Waals surface area contributed by atoms with Gasteiger partial charge in [-0.1, -0.05) is 94.9 Å². The summed E-state index contributed by atoms with van der Waals surface area (Å²) in [7, 11) is 0. The molecule has 0 saturated carbocycles. The molecule has 0 spiro atoms. The zero-order valence-corrected chi connectivity index (χ0v) is 84.6. The maximum atomic E-state index is 13.5. The summed E-state index contributed by atoms with van der Waals surface area (Å²) >= 11 is 31.8. The van der Waals surface area contributed by atoms with Crippen LogP contribution in [0.4, 0.5) is 46.0 Å². The molecule has 0 unspecified atom stereocenters. The monoisotopic (exact) mass is 2050 g/mol. The molecule has 0 radical (unpaired) electrons. The third kappa shape index (κ3) is 28.1. The summed E-state index contributed by atoms with van der Waals surface area (Å²) < 4.78 is 70.1. The highest BCUT2D eigenvalue weighted by molar-refractivity contribution is 9.10. The molecule has 0 aliphatic carbocycles. The van der Waals surface area contributed by atoms with Gasteiger partial charge in [-0.15, -0.1) is 23.5 Å². The Morgan fingerprint density at radius 3 is 0.935 bits per heavy atom. The van der Waals surface area contributed by atoms with Crippen LogP contribution in [0.15, 0.2) is 258 Å². The van der Waals surface area contributed by atoms with Crippen LogP contribution >= 0.6 is 85.9 Å². The fourth-order valence-corrected chi connectivity index (χ4v) is 22.6. The molecule has 5 fully saturated rings. The first-order valence-electron chi connectivity index (χ1n) is 48.4. The van der Waals surface area contributed by atoms with E-state index in [4.69, 9.17) is 60.6 Å². The maximum Gasteiger partial charge on any atom is 0.167 e. The molecular formula is C109H124BrCl4F4N15O3S2. The van der Waals surface area contributed by atoms with Crippen molar-refractivity contribution in [1.82, 2.24) is 49.4 Å². The summed E-state index contributed by atoms with van der Waals surface area (Å²) in [5, 5.41) is 9.24. The van der Waals surface area contributed by atoms with E-state index in [1.54, 1.807) is 23.9 Å². The summed E-state index contributed by atoms with van der Waals surface area (Å²) in [6.45, 7) is 30.5. The first-order chi connectivity index (χ1) is 67.6. The van der Waals surface area contributed by atoms with Gasteiger partial charge < -0.3 is 63.6 Å². The Morgan fingerprint density at radius 1 is 0.290 bits per heavy atom. The normalized spacial score (nSPS) is 15.4. The number of ether oxygens (including phenoxy) is 3. The number of halogens is 9. The molecule has 0 amide bonds. The number of H-pyrrole nitrogens is 5. The highest BCUT2D eigenvalue weighted by Gasteiger charge is 2.26. The Balaban J connectivity index is 0.000000125. The van der Waals surface area contributed by atoms with E-state index in [1.165, 1.54) is 169 Å².